The van der Waals surface area contributed by atoms with Crippen LogP contribution >= 0.6 is 15.9 Å². The quantitative estimate of drug-likeness (QED) is 0.313. The molecule has 32 heavy (non-hydrogen) atoms. The Morgan fingerprint density at radius 2 is 1.12 bits per heavy atom. The molecule has 4 aromatic carbocycles. The van der Waals surface area contributed by atoms with Crippen molar-refractivity contribution < 1.29 is 14.3 Å². The van der Waals surface area contributed by atoms with Crippen molar-refractivity contribution in [2.24, 2.45) is 0 Å². The van der Waals surface area contributed by atoms with E-state index in [0.717, 1.165) is 11.1 Å². The molecule has 0 fully saturated rings. The second-order valence-corrected chi connectivity index (χ2v) is 8.21. The maximum atomic E-state index is 13.2. The molecule has 1 aliphatic carbocycles. The minimum absolute atomic E-state index is 0.0704. The molecule has 0 atom stereocenters. The summed E-state index contributed by atoms with van der Waals surface area (Å²) in [6, 6.07) is 24.1. The van der Waals surface area contributed by atoms with E-state index in [1.807, 2.05) is 54.6 Å². The number of nitrogen functional groups attached to an aromatic ring is 2. The van der Waals surface area contributed by atoms with Crippen molar-refractivity contribution >= 4 is 38.9 Å². The summed E-state index contributed by atoms with van der Waals surface area (Å²) >= 11 is 3.41. The van der Waals surface area contributed by atoms with E-state index in [1.165, 1.54) is 0 Å². The van der Waals surface area contributed by atoms with E-state index in [2.05, 4.69) is 15.9 Å². The third-order valence-corrected chi connectivity index (χ3v) is 6.31. The maximum absolute atomic E-state index is 13.2. The lowest BCUT2D eigenvalue weighted by Gasteiger charge is -2.23. The molecule has 156 valence electrons. The summed E-state index contributed by atoms with van der Waals surface area (Å²) in [6.07, 6.45) is 0. The van der Waals surface area contributed by atoms with Gasteiger partial charge in [-0.2, -0.15) is 0 Å². The van der Waals surface area contributed by atoms with E-state index in [0.29, 0.717) is 21.3 Å². The van der Waals surface area contributed by atoms with Gasteiger partial charge in [0.05, 0.1) is 27.0 Å². The summed E-state index contributed by atoms with van der Waals surface area (Å²) in [7, 11) is 0. The number of rotatable bonds is 3. The van der Waals surface area contributed by atoms with Gasteiger partial charge in [0.15, 0.2) is 17.3 Å². The van der Waals surface area contributed by atoms with Crippen LogP contribution in [0.3, 0.4) is 0 Å². The van der Waals surface area contributed by atoms with Crippen molar-refractivity contribution in [3.63, 3.8) is 0 Å². The molecule has 0 aliphatic heterocycles. The van der Waals surface area contributed by atoms with Crippen LogP contribution in [0.25, 0.3) is 11.1 Å². The van der Waals surface area contributed by atoms with Crippen molar-refractivity contribution in [2.75, 3.05) is 11.5 Å². The Morgan fingerprint density at radius 1 is 0.625 bits per heavy atom. The van der Waals surface area contributed by atoms with Crippen molar-refractivity contribution in [1.29, 1.82) is 0 Å². The van der Waals surface area contributed by atoms with Crippen LogP contribution in [0.4, 0.5) is 11.4 Å². The largest absolute Gasteiger partial charge is 0.454 e. The highest BCUT2D eigenvalue weighted by Gasteiger charge is 2.36. The third-order valence-electron chi connectivity index (χ3n) is 5.52. The highest BCUT2D eigenvalue weighted by Crippen LogP contribution is 2.47. The van der Waals surface area contributed by atoms with Crippen LogP contribution in [0.5, 0.6) is 11.5 Å². The maximum Gasteiger partial charge on any atom is 0.196 e. The summed E-state index contributed by atoms with van der Waals surface area (Å²) in [5.41, 5.74) is 15.8. The van der Waals surface area contributed by atoms with Crippen LogP contribution < -0.4 is 16.2 Å². The Hall–Kier alpha value is -3.90. The van der Waals surface area contributed by atoms with Crippen LogP contribution in [0.15, 0.2) is 83.3 Å². The molecule has 0 radical (unpaired) electrons. The molecule has 6 heteroatoms. The number of hydrogen-bond donors (Lipinski definition) is 2. The average Bonchev–Trinajstić information content (AvgIpc) is 2.83. The highest BCUT2D eigenvalue weighted by molar-refractivity contribution is 9.10. The zero-order valence-corrected chi connectivity index (χ0v) is 18.3. The Kier molecular flexibility index (Phi) is 4.79. The van der Waals surface area contributed by atoms with Gasteiger partial charge in [0, 0.05) is 11.1 Å². The van der Waals surface area contributed by atoms with Crippen molar-refractivity contribution in [2.45, 2.75) is 0 Å². The Balaban J connectivity index is 1.57. The molecule has 4 aromatic rings. The number of nitrogens with two attached hydrogens (primary N) is 2. The van der Waals surface area contributed by atoms with Gasteiger partial charge in [-0.15, -0.1) is 0 Å². The van der Waals surface area contributed by atoms with Gasteiger partial charge in [0.25, 0.3) is 0 Å². The summed E-state index contributed by atoms with van der Waals surface area (Å²) in [6.45, 7) is 0. The first-order valence-electron chi connectivity index (χ1n) is 9.89. The van der Waals surface area contributed by atoms with Crippen molar-refractivity contribution in [1.82, 2.24) is 0 Å². The Morgan fingerprint density at radius 3 is 1.72 bits per heavy atom. The van der Waals surface area contributed by atoms with E-state index in [1.54, 1.807) is 24.3 Å². The number of hydrogen-bond acceptors (Lipinski definition) is 5. The first kappa shape index (κ1) is 20.0. The molecule has 0 bridgehead atoms. The van der Waals surface area contributed by atoms with E-state index in [9.17, 15) is 9.59 Å². The standard InChI is InChI=1S/C26H17BrN2O3/c27-21-22(28)19-20(25(31)18-9-5-4-8-17(18)24(19)30)23(29)26(21)32-16-12-10-15(11-13-16)14-6-2-1-3-7-14/h1-13H,28-29H2. The molecule has 5 rings (SSSR count). The summed E-state index contributed by atoms with van der Waals surface area (Å²) in [5.74, 6) is 0.0377. The zero-order valence-electron chi connectivity index (χ0n) is 16.8. The lowest BCUT2D eigenvalue weighted by atomic mass is 9.82. The predicted molar refractivity (Wildman–Crippen MR) is 128 cm³/mol. The van der Waals surface area contributed by atoms with E-state index in [-0.39, 0.29) is 39.8 Å². The fourth-order valence-corrected chi connectivity index (χ4v) is 4.41. The van der Waals surface area contributed by atoms with Gasteiger partial charge >= 0.3 is 0 Å². The van der Waals surface area contributed by atoms with E-state index < -0.39 is 0 Å². The van der Waals surface area contributed by atoms with Gasteiger partial charge in [-0.05, 0) is 39.2 Å². The lowest BCUT2D eigenvalue weighted by molar-refractivity contribution is 0.0980. The number of anilines is 2. The lowest BCUT2D eigenvalue weighted by Crippen LogP contribution is -2.24. The summed E-state index contributed by atoms with van der Waals surface area (Å²) in [4.78, 5) is 26.3. The van der Waals surface area contributed by atoms with Gasteiger partial charge in [-0.25, -0.2) is 0 Å². The minimum Gasteiger partial charge on any atom is -0.454 e. The number of ether oxygens (including phenoxy) is 1. The van der Waals surface area contributed by atoms with Crippen LogP contribution in [0.2, 0.25) is 0 Å². The second kappa shape index (κ2) is 7.66. The van der Waals surface area contributed by atoms with Crippen LogP contribution in [0, 0.1) is 0 Å². The first-order valence-corrected chi connectivity index (χ1v) is 10.7. The van der Waals surface area contributed by atoms with Gasteiger partial charge in [-0.3, -0.25) is 9.59 Å². The predicted octanol–water partition coefficient (Wildman–Crippen LogP) is 5.85. The van der Waals surface area contributed by atoms with Gasteiger partial charge < -0.3 is 16.2 Å². The molecule has 0 saturated heterocycles. The topological polar surface area (TPSA) is 95.4 Å². The first-order chi connectivity index (χ1) is 15.5. The zero-order chi connectivity index (χ0) is 22.4. The van der Waals surface area contributed by atoms with Crippen molar-refractivity contribution in [3.8, 4) is 22.6 Å². The smallest absolute Gasteiger partial charge is 0.196 e. The second-order valence-electron chi connectivity index (χ2n) is 7.42. The number of fused-ring (bicyclic) bond motifs is 2. The van der Waals surface area contributed by atoms with Gasteiger partial charge in [-0.1, -0.05) is 66.7 Å². The van der Waals surface area contributed by atoms with E-state index in [4.69, 9.17) is 16.2 Å². The third kappa shape index (κ3) is 3.08. The van der Waals surface area contributed by atoms with E-state index >= 15 is 0 Å². The minimum atomic E-state index is -0.351. The van der Waals surface area contributed by atoms with Gasteiger partial charge in [0.1, 0.15) is 5.75 Å². The number of carbonyl (C=O) groups excluding carboxylic acids is 2. The molecular formula is C26H17BrN2O3. The fourth-order valence-electron chi connectivity index (χ4n) is 3.92. The molecule has 0 amide bonds. The number of benzene rings is 4. The summed E-state index contributed by atoms with van der Waals surface area (Å²) < 4.78 is 6.37. The monoisotopic (exact) mass is 484 g/mol. The number of halogens is 1. The SMILES string of the molecule is Nc1c(Br)c(Oc2ccc(-c3ccccc3)cc2)c(N)c2c1C(=O)c1ccccc1C2=O. The molecule has 0 saturated carbocycles. The van der Waals surface area contributed by atoms with Crippen molar-refractivity contribution in [3.05, 3.63) is 106 Å². The molecule has 4 N–H and O–H groups in total. The molecule has 5 nitrogen and oxygen atoms in total. The Bertz CT molecular complexity index is 1400. The van der Waals surface area contributed by atoms with Gasteiger partial charge in [0.2, 0.25) is 0 Å². The number of ketones is 2. The Labute approximate surface area is 192 Å². The molecular weight excluding hydrogens is 468 g/mol. The fraction of sp³-hybridized carbons (Fsp3) is 0. The summed E-state index contributed by atoms with van der Waals surface area (Å²) in [5, 5.41) is 0. The van der Waals surface area contributed by atoms with Crippen LogP contribution in [-0.4, -0.2) is 11.6 Å². The molecule has 0 aromatic heterocycles. The number of carbonyl (C=O) groups is 2. The normalized spacial score (nSPS) is 12.3. The highest BCUT2D eigenvalue weighted by atomic mass is 79.9. The average molecular weight is 485 g/mol. The molecule has 1 aliphatic rings. The molecule has 0 unspecified atom stereocenters. The van der Waals surface area contributed by atoms with Crippen LogP contribution in [-0.2, 0) is 0 Å². The molecule has 0 spiro atoms. The molecule has 0 heterocycles. The van der Waals surface area contributed by atoms with Crippen LogP contribution in [0.1, 0.15) is 31.8 Å².